The van der Waals surface area contributed by atoms with Crippen LogP contribution in [0, 0.1) is 0 Å². The van der Waals surface area contributed by atoms with Crippen molar-refractivity contribution in [3.05, 3.63) is 11.4 Å². The average molecular weight is 252 g/mol. The second-order valence-corrected chi connectivity index (χ2v) is 5.09. The number of anilines is 2. The first-order valence-electron chi connectivity index (χ1n) is 5.51. The normalized spacial score (nSPS) is 14.8. The zero-order valence-corrected chi connectivity index (χ0v) is 10.7. The molecule has 2 atom stereocenters. The molecule has 0 saturated carbocycles. The Morgan fingerprint density at radius 2 is 2.24 bits per heavy atom. The van der Waals surface area contributed by atoms with E-state index in [4.69, 9.17) is 5.73 Å². The van der Waals surface area contributed by atoms with E-state index in [-0.39, 0.29) is 18.1 Å². The molecule has 2 aromatic rings. The Labute approximate surface area is 104 Å². The summed E-state index contributed by atoms with van der Waals surface area (Å²) in [5, 5.41) is 15.5. The number of hydrogen-bond donors (Lipinski definition) is 3. The minimum absolute atomic E-state index is 0.132. The molecule has 5 nitrogen and oxygen atoms in total. The maximum atomic E-state index is 9.33. The molecule has 4 N–H and O–H groups in total. The van der Waals surface area contributed by atoms with Gasteiger partial charge in [0.15, 0.2) is 0 Å². The van der Waals surface area contributed by atoms with Crippen LogP contribution in [0.15, 0.2) is 11.4 Å². The number of aliphatic hydroxyl groups is 1. The van der Waals surface area contributed by atoms with Gasteiger partial charge < -0.3 is 16.2 Å². The van der Waals surface area contributed by atoms with Crippen LogP contribution in [0.1, 0.15) is 20.3 Å². The second kappa shape index (κ2) is 4.85. The van der Waals surface area contributed by atoms with Crippen molar-refractivity contribution in [1.29, 1.82) is 0 Å². The van der Waals surface area contributed by atoms with Gasteiger partial charge in [-0.15, -0.1) is 11.3 Å². The van der Waals surface area contributed by atoms with Crippen LogP contribution in [-0.2, 0) is 0 Å². The van der Waals surface area contributed by atoms with Crippen LogP contribution in [0.5, 0.6) is 0 Å². The van der Waals surface area contributed by atoms with Gasteiger partial charge in [-0.1, -0.05) is 0 Å². The summed E-state index contributed by atoms with van der Waals surface area (Å²) in [6.07, 6.45) is 0.324. The van der Waals surface area contributed by atoms with Crippen LogP contribution in [0.4, 0.5) is 11.8 Å². The zero-order valence-electron chi connectivity index (χ0n) is 9.84. The molecule has 0 saturated heterocycles. The molecule has 92 valence electrons. The van der Waals surface area contributed by atoms with Gasteiger partial charge in [-0.2, -0.15) is 4.98 Å². The van der Waals surface area contributed by atoms with E-state index in [1.54, 1.807) is 6.92 Å². The first-order valence-corrected chi connectivity index (χ1v) is 6.39. The van der Waals surface area contributed by atoms with E-state index in [0.717, 1.165) is 16.0 Å². The highest BCUT2D eigenvalue weighted by Gasteiger charge is 2.11. The van der Waals surface area contributed by atoms with Crippen molar-refractivity contribution in [2.45, 2.75) is 32.4 Å². The van der Waals surface area contributed by atoms with Crippen molar-refractivity contribution in [3.63, 3.8) is 0 Å². The van der Waals surface area contributed by atoms with E-state index in [2.05, 4.69) is 15.3 Å². The van der Waals surface area contributed by atoms with Gasteiger partial charge >= 0.3 is 0 Å². The zero-order chi connectivity index (χ0) is 12.4. The number of rotatable bonds is 4. The van der Waals surface area contributed by atoms with Gasteiger partial charge in [0.2, 0.25) is 5.95 Å². The number of nitrogen functional groups attached to an aromatic ring is 1. The number of nitrogens with one attached hydrogen (secondary N) is 1. The van der Waals surface area contributed by atoms with Crippen LogP contribution in [-0.4, -0.2) is 27.2 Å². The lowest BCUT2D eigenvalue weighted by molar-refractivity contribution is 0.179. The molecular formula is C11H16N4OS. The van der Waals surface area contributed by atoms with E-state index < -0.39 is 0 Å². The predicted molar refractivity (Wildman–Crippen MR) is 71.2 cm³/mol. The summed E-state index contributed by atoms with van der Waals surface area (Å²) < 4.78 is 0. The van der Waals surface area contributed by atoms with Gasteiger partial charge in [0, 0.05) is 6.04 Å². The summed E-state index contributed by atoms with van der Waals surface area (Å²) in [4.78, 5) is 9.24. The molecule has 2 heterocycles. The first-order chi connectivity index (χ1) is 8.06. The highest BCUT2D eigenvalue weighted by molar-refractivity contribution is 7.16. The maximum Gasteiger partial charge on any atom is 0.223 e. The van der Waals surface area contributed by atoms with Gasteiger partial charge in [0.05, 0.1) is 11.5 Å². The molecule has 0 aliphatic rings. The highest BCUT2D eigenvalue weighted by atomic mass is 32.1. The van der Waals surface area contributed by atoms with Crippen molar-refractivity contribution in [3.8, 4) is 0 Å². The molecule has 2 rings (SSSR count). The topological polar surface area (TPSA) is 84.1 Å². The first kappa shape index (κ1) is 12.1. The summed E-state index contributed by atoms with van der Waals surface area (Å²) in [6, 6.07) is 2.10. The summed E-state index contributed by atoms with van der Waals surface area (Å²) >= 11 is 1.54. The van der Waals surface area contributed by atoms with Crippen LogP contribution >= 0.6 is 11.3 Å². The number of nitrogens with zero attached hydrogens (tertiary/aromatic N) is 2. The fraction of sp³-hybridized carbons (Fsp3) is 0.455. The Balaban J connectivity index is 2.25. The third kappa shape index (κ3) is 2.83. The Morgan fingerprint density at radius 1 is 1.47 bits per heavy atom. The van der Waals surface area contributed by atoms with E-state index in [1.165, 1.54) is 11.3 Å². The lowest BCUT2D eigenvalue weighted by atomic mass is 10.1. The standard InChI is InChI=1S/C11H16N4OS/c1-6(5-7(2)16)13-9-8-3-4-17-10(8)15-11(12)14-9/h3-4,6-7,16H,5H2,1-2H3,(H3,12,13,14,15). The molecule has 0 aliphatic heterocycles. The van der Waals surface area contributed by atoms with E-state index in [0.29, 0.717) is 6.42 Å². The molecule has 2 aromatic heterocycles. The quantitative estimate of drug-likeness (QED) is 0.773. The van der Waals surface area contributed by atoms with E-state index in [1.807, 2.05) is 18.4 Å². The highest BCUT2D eigenvalue weighted by Crippen LogP contribution is 2.26. The molecule has 0 amide bonds. The van der Waals surface area contributed by atoms with Gasteiger partial charge in [0.1, 0.15) is 10.6 Å². The van der Waals surface area contributed by atoms with Gasteiger partial charge in [-0.25, -0.2) is 4.98 Å². The number of aromatic nitrogens is 2. The smallest absolute Gasteiger partial charge is 0.223 e. The monoisotopic (exact) mass is 252 g/mol. The fourth-order valence-corrected chi connectivity index (χ4v) is 2.56. The Morgan fingerprint density at radius 3 is 2.94 bits per heavy atom. The van der Waals surface area contributed by atoms with Crippen molar-refractivity contribution < 1.29 is 5.11 Å². The summed E-state index contributed by atoms with van der Waals surface area (Å²) in [5.41, 5.74) is 5.66. The molecule has 0 radical (unpaired) electrons. The number of hydrogen-bond acceptors (Lipinski definition) is 6. The average Bonchev–Trinajstić information content (AvgIpc) is 2.63. The number of aliphatic hydroxyl groups excluding tert-OH is 1. The third-order valence-electron chi connectivity index (χ3n) is 2.42. The van der Waals surface area contributed by atoms with Crippen LogP contribution < -0.4 is 11.1 Å². The molecule has 2 unspecified atom stereocenters. The number of nitrogens with two attached hydrogens (primary N) is 1. The molecular weight excluding hydrogens is 236 g/mol. The fourth-order valence-electron chi connectivity index (χ4n) is 1.79. The second-order valence-electron chi connectivity index (χ2n) is 4.20. The Bertz CT molecular complexity index is 511. The van der Waals surface area contributed by atoms with Gasteiger partial charge in [-0.3, -0.25) is 0 Å². The lowest BCUT2D eigenvalue weighted by Gasteiger charge is -2.16. The van der Waals surface area contributed by atoms with Crippen molar-refractivity contribution >= 4 is 33.3 Å². The van der Waals surface area contributed by atoms with Crippen LogP contribution in [0.2, 0.25) is 0 Å². The van der Waals surface area contributed by atoms with Crippen molar-refractivity contribution in [2.24, 2.45) is 0 Å². The van der Waals surface area contributed by atoms with Crippen LogP contribution in [0.3, 0.4) is 0 Å². The van der Waals surface area contributed by atoms with E-state index >= 15 is 0 Å². The van der Waals surface area contributed by atoms with Gasteiger partial charge in [-0.05, 0) is 31.7 Å². The largest absolute Gasteiger partial charge is 0.393 e. The SMILES string of the molecule is CC(O)CC(C)Nc1nc(N)nc2sccc12. The summed E-state index contributed by atoms with van der Waals surface area (Å²) in [6.45, 7) is 3.77. The third-order valence-corrected chi connectivity index (χ3v) is 3.23. The summed E-state index contributed by atoms with van der Waals surface area (Å²) in [5.74, 6) is 1.01. The van der Waals surface area contributed by atoms with Crippen LogP contribution in [0.25, 0.3) is 10.2 Å². The predicted octanol–water partition coefficient (Wildman–Crippen LogP) is 1.84. The molecule has 6 heteroatoms. The summed E-state index contributed by atoms with van der Waals surface area (Å²) in [7, 11) is 0. The molecule has 0 fully saturated rings. The molecule has 0 spiro atoms. The van der Waals surface area contributed by atoms with Gasteiger partial charge in [0.25, 0.3) is 0 Å². The molecule has 0 bridgehead atoms. The maximum absolute atomic E-state index is 9.33. The van der Waals surface area contributed by atoms with Crippen molar-refractivity contribution in [1.82, 2.24) is 9.97 Å². The minimum atomic E-state index is -0.338. The van der Waals surface area contributed by atoms with Crippen molar-refractivity contribution in [2.75, 3.05) is 11.1 Å². The number of thiophene rings is 1. The lowest BCUT2D eigenvalue weighted by Crippen LogP contribution is -2.21. The molecule has 0 aromatic carbocycles. The molecule has 17 heavy (non-hydrogen) atoms. The molecule has 0 aliphatic carbocycles. The minimum Gasteiger partial charge on any atom is -0.393 e. The Kier molecular flexibility index (Phi) is 3.44. The van der Waals surface area contributed by atoms with E-state index in [9.17, 15) is 5.11 Å². The number of fused-ring (bicyclic) bond motifs is 1. The Hall–Kier alpha value is -1.40.